The molecule has 2 aromatic carbocycles. The molecule has 0 aliphatic carbocycles. The maximum atomic E-state index is 13.0. The Kier molecular flexibility index (Phi) is 6.69. The lowest BCUT2D eigenvalue weighted by Gasteiger charge is -2.37. The smallest absolute Gasteiger partial charge is 0.407 e. The highest BCUT2D eigenvalue weighted by atomic mass is 32.2. The molecule has 12 nitrogen and oxygen atoms in total. The molecule has 1 aliphatic heterocycles. The predicted molar refractivity (Wildman–Crippen MR) is 111 cm³/mol. The maximum absolute atomic E-state index is 13.0. The molecule has 3 rings (SSSR count). The Bertz CT molecular complexity index is 1130. The van der Waals surface area contributed by atoms with Crippen molar-refractivity contribution in [2.24, 2.45) is 0 Å². The van der Waals surface area contributed by atoms with Crippen molar-refractivity contribution in [1.82, 2.24) is 9.62 Å². The third-order valence-electron chi connectivity index (χ3n) is 4.79. The number of hydrogen-bond acceptors (Lipinski definition) is 8. The summed E-state index contributed by atoms with van der Waals surface area (Å²) in [6.07, 6.45) is -1.68. The van der Waals surface area contributed by atoms with E-state index in [1.807, 2.05) is 0 Å². The number of carboxylic acid groups (broad SMARTS) is 1. The van der Waals surface area contributed by atoms with Gasteiger partial charge in [0.05, 0.1) is 32.2 Å². The molecule has 1 saturated heterocycles. The van der Waals surface area contributed by atoms with Gasteiger partial charge in [0.25, 0.3) is 5.69 Å². The van der Waals surface area contributed by atoms with Crippen LogP contribution in [0.15, 0.2) is 41.3 Å². The SMILES string of the molecule is COc1ccc(CNS(=O)(=O)c2cc([N+](=O)[O-])ccc2OC2CN(C(=O)O)C2)c(OC)c1. The third-order valence-corrected chi connectivity index (χ3v) is 6.21. The van der Waals surface area contributed by atoms with Gasteiger partial charge in [0.1, 0.15) is 28.2 Å². The summed E-state index contributed by atoms with van der Waals surface area (Å²) in [7, 11) is -1.33. The first kappa shape index (κ1) is 23.1. The van der Waals surface area contributed by atoms with Gasteiger partial charge in [-0.1, -0.05) is 6.07 Å². The van der Waals surface area contributed by atoms with E-state index in [4.69, 9.17) is 19.3 Å². The second kappa shape index (κ2) is 9.28. The Balaban J connectivity index is 1.84. The maximum Gasteiger partial charge on any atom is 0.407 e. The number of likely N-dealkylation sites (tertiary alicyclic amines) is 1. The molecule has 1 amide bonds. The van der Waals surface area contributed by atoms with Crippen LogP contribution >= 0.6 is 0 Å². The highest BCUT2D eigenvalue weighted by molar-refractivity contribution is 7.89. The van der Waals surface area contributed by atoms with E-state index in [1.54, 1.807) is 18.2 Å². The minimum Gasteiger partial charge on any atom is -0.497 e. The van der Waals surface area contributed by atoms with E-state index in [0.29, 0.717) is 17.1 Å². The normalized spacial score (nSPS) is 13.9. The number of benzene rings is 2. The number of hydrogen-bond donors (Lipinski definition) is 2. The molecule has 0 radical (unpaired) electrons. The van der Waals surface area contributed by atoms with Crippen LogP contribution < -0.4 is 18.9 Å². The van der Waals surface area contributed by atoms with Crippen molar-refractivity contribution in [3.8, 4) is 17.2 Å². The zero-order chi connectivity index (χ0) is 23.5. The fourth-order valence-electron chi connectivity index (χ4n) is 3.01. The molecular weight excluding hydrogens is 446 g/mol. The number of carbonyl (C=O) groups is 1. The van der Waals surface area contributed by atoms with Crippen LogP contribution in [0, 0.1) is 10.1 Å². The number of amides is 1. The number of nitro groups is 1. The molecule has 0 spiro atoms. The second-order valence-corrected chi connectivity index (χ2v) is 8.55. The number of rotatable bonds is 9. The zero-order valence-electron chi connectivity index (χ0n) is 17.2. The molecule has 0 unspecified atom stereocenters. The number of non-ortho nitro benzene ring substituents is 1. The summed E-state index contributed by atoms with van der Waals surface area (Å²) in [6.45, 7) is -0.0432. The molecule has 0 bridgehead atoms. The predicted octanol–water partition coefficient (Wildman–Crippen LogP) is 1.83. The first-order valence-electron chi connectivity index (χ1n) is 9.28. The zero-order valence-corrected chi connectivity index (χ0v) is 18.0. The number of sulfonamides is 1. The first-order valence-corrected chi connectivity index (χ1v) is 10.8. The molecule has 172 valence electrons. The van der Waals surface area contributed by atoms with Gasteiger partial charge in [0, 0.05) is 30.3 Å². The molecule has 1 fully saturated rings. The van der Waals surface area contributed by atoms with Gasteiger partial charge in [-0.05, 0) is 12.1 Å². The summed E-state index contributed by atoms with van der Waals surface area (Å²) in [4.78, 5) is 22.0. The van der Waals surface area contributed by atoms with Crippen LogP contribution in [0.2, 0.25) is 0 Å². The summed E-state index contributed by atoms with van der Waals surface area (Å²) in [6, 6.07) is 8.06. The van der Waals surface area contributed by atoms with E-state index in [1.165, 1.54) is 20.3 Å². The van der Waals surface area contributed by atoms with Gasteiger partial charge in [0.2, 0.25) is 10.0 Å². The largest absolute Gasteiger partial charge is 0.497 e. The van der Waals surface area contributed by atoms with Gasteiger partial charge < -0.3 is 24.2 Å². The van der Waals surface area contributed by atoms with Crippen molar-refractivity contribution in [2.45, 2.75) is 17.5 Å². The average molecular weight is 467 g/mol. The number of nitro benzene ring substituents is 1. The molecule has 13 heteroatoms. The molecule has 1 heterocycles. The van der Waals surface area contributed by atoms with Crippen molar-refractivity contribution in [3.63, 3.8) is 0 Å². The summed E-state index contributed by atoms with van der Waals surface area (Å²) in [5.74, 6) is 0.810. The minimum absolute atomic E-state index is 0.0578. The Hall–Kier alpha value is -3.58. The molecule has 2 aromatic rings. The van der Waals surface area contributed by atoms with Crippen LogP contribution in [0.1, 0.15) is 5.56 Å². The van der Waals surface area contributed by atoms with Gasteiger partial charge in [-0.25, -0.2) is 17.9 Å². The van der Waals surface area contributed by atoms with E-state index < -0.39 is 37.7 Å². The fraction of sp³-hybridized carbons (Fsp3) is 0.316. The summed E-state index contributed by atoms with van der Waals surface area (Å²) in [5.41, 5.74) is 0.0846. The van der Waals surface area contributed by atoms with Crippen LogP contribution in [0.4, 0.5) is 10.5 Å². The van der Waals surface area contributed by atoms with E-state index in [2.05, 4.69) is 4.72 Å². The average Bonchev–Trinajstić information content (AvgIpc) is 2.73. The molecule has 32 heavy (non-hydrogen) atoms. The van der Waals surface area contributed by atoms with Crippen LogP contribution in [0.3, 0.4) is 0 Å². The van der Waals surface area contributed by atoms with Crippen molar-refractivity contribution in [3.05, 3.63) is 52.1 Å². The number of methoxy groups -OCH3 is 2. The quantitative estimate of drug-likeness (QED) is 0.414. The van der Waals surface area contributed by atoms with Gasteiger partial charge >= 0.3 is 6.09 Å². The lowest BCUT2D eigenvalue weighted by molar-refractivity contribution is -0.385. The lowest BCUT2D eigenvalue weighted by atomic mass is 10.2. The van der Waals surface area contributed by atoms with Gasteiger partial charge in [-0.15, -0.1) is 0 Å². The van der Waals surface area contributed by atoms with Crippen molar-refractivity contribution < 1.29 is 37.5 Å². The van der Waals surface area contributed by atoms with E-state index in [-0.39, 0.29) is 25.4 Å². The van der Waals surface area contributed by atoms with Crippen LogP contribution in [0.5, 0.6) is 17.2 Å². The number of nitrogens with one attached hydrogen (secondary N) is 1. The molecule has 1 aliphatic rings. The van der Waals surface area contributed by atoms with Gasteiger partial charge in [-0.3, -0.25) is 10.1 Å². The highest BCUT2D eigenvalue weighted by Crippen LogP contribution is 2.31. The fourth-order valence-corrected chi connectivity index (χ4v) is 4.17. The minimum atomic E-state index is -4.24. The van der Waals surface area contributed by atoms with Crippen LogP contribution in [-0.4, -0.2) is 62.9 Å². The van der Waals surface area contributed by atoms with Crippen molar-refractivity contribution in [1.29, 1.82) is 0 Å². The van der Waals surface area contributed by atoms with Crippen molar-refractivity contribution >= 4 is 21.8 Å². The van der Waals surface area contributed by atoms with E-state index >= 15 is 0 Å². The molecule has 2 N–H and O–H groups in total. The van der Waals surface area contributed by atoms with Crippen LogP contribution in [0.25, 0.3) is 0 Å². The Morgan fingerprint density at radius 3 is 2.50 bits per heavy atom. The lowest BCUT2D eigenvalue weighted by Crippen LogP contribution is -2.55. The molecule has 0 aromatic heterocycles. The van der Waals surface area contributed by atoms with Crippen LogP contribution in [-0.2, 0) is 16.6 Å². The second-order valence-electron chi connectivity index (χ2n) is 6.82. The van der Waals surface area contributed by atoms with E-state index in [0.717, 1.165) is 17.0 Å². The third kappa shape index (κ3) is 5.00. The Morgan fingerprint density at radius 1 is 1.19 bits per heavy atom. The molecule has 0 atom stereocenters. The number of nitrogens with zero attached hydrogens (tertiary/aromatic N) is 2. The molecule has 0 saturated carbocycles. The van der Waals surface area contributed by atoms with Gasteiger partial charge in [0.15, 0.2) is 0 Å². The monoisotopic (exact) mass is 467 g/mol. The Labute approximate surface area is 183 Å². The molecular formula is C19H21N3O9S. The Morgan fingerprint density at radius 2 is 1.91 bits per heavy atom. The topological polar surface area (TPSA) is 158 Å². The van der Waals surface area contributed by atoms with E-state index in [9.17, 15) is 23.3 Å². The standard InChI is InChI=1S/C19H21N3O9S/c1-29-14-5-3-12(17(8-14)30-2)9-20-32(27,28)18-7-13(22(25)26)4-6-16(18)31-15-10-21(11-15)19(23)24/h3-8,15,20H,9-11H2,1-2H3,(H,23,24). The highest BCUT2D eigenvalue weighted by Gasteiger charge is 2.34. The summed E-state index contributed by atoms with van der Waals surface area (Å²) >= 11 is 0. The van der Waals surface area contributed by atoms with Gasteiger partial charge in [-0.2, -0.15) is 0 Å². The first-order chi connectivity index (χ1) is 15.1. The summed E-state index contributed by atoms with van der Waals surface area (Å²) in [5, 5.41) is 20.1. The number of ether oxygens (including phenoxy) is 3. The van der Waals surface area contributed by atoms with Crippen molar-refractivity contribution in [2.75, 3.05) is 27.3 Å². The summed E-state index contributed by atoms with van der Waals surface area (Å²) < 4.78 is 44.4.